The van der Waals surface area contributed by atoms with E-state index in [4.69, 9.17) is 4.74 Å². The summed E-state index contributed by atoms with van der Waals surface area (Å²) in [4.78, 5) is 12.9. The van der Waals surface area contributed by atoms with Gasteiger partial charge in [0.15, 0.2) is 0 Å². The Labute approximate surface area is 130 Å². The van der Waals surface area contributed by atoms with Crippen molar-refractivity contribution in [1.82, 2.24) is 0 Å². The van der Waals surface area contributed by atoms with Crippen LogP contribution in [-0.4, -0.2) is 26.7 Å². The first kappa shape index (κ1) is 18.1. The van der Waals surface area contributed by atoms with E-state index < -0.39 is 8.07 Å². The molecule has 3 heteroatoms. The van der Waals surface area contributed by atoms with Crippen molar-refractivity contribution >= 4 is 13.5 Å². The fourth-order valence-electron chi connectivity index (χ4n) is 2.94. The van der Waals surface area contributed by atoms with Gasteiger partial charge in [-0.1, -0.05) is 70.7 Å². The summed E-state index contributed by atoms with van der Waals surface area (Å²) < 4.78 is 5.81. The first-order valence-corrected chi connectivity index (χ1v) is 11.3. The van der Waals surface area contributed by atoms with Gasteiger partial charge in [-0.2, -0.15) is 0 Å². The van der Waals surface area contributed by atoms with Crippen LogP contribution in [0.15, 0.2) is 30.3 Å². The maximum Gasteiger partial charge on any atom is 0.124 e. The predicted molar refractivity (Wildman–Crippen MR) is 92.3 cm³/mol. The monoisotopic (exact) mass is 306 g/mol. The van der Waals surface area contributed by atoms with E-state index in [1.54, 1.807) is 7.11 Å². The van der Waals surface area contributed by atoms with Crippen molar-refractivity contribution in [2.75, 3.05) is 7.11 Å². The Morgan fingerprint density at radius 1 is 1.05 bits per heavy atom. The van der Waals surface area contributed by atoms with Crippen molar-refractivity contribution in [2.45, 2.75) is 52.4 Å². The smallest absolute Gasteiger partial charge is 0.124 e. The second-order valence-electron chi connectivity index (χ2n) is 7.28. The van der Waals surface area contributed by atoms with Gasteiger partial charge in [0.05, 0.1) is 6.10 Å². The number of benzene rings is 1. The number of ether oxygens (including phenoxy) is 1. The van der Waals surface area contributed by atoms with E-state index >= 15 is 0 Å². The molecule has 0 spiro atoms. The lowest BCUT2D eigenvalue weighted by molar-refractivity contribution is -0.123. The Hall–Kier alpha value is -0.933. The lowest BCUT2D eigenvalue weighted by atomic mass is 9.82. The zero-order valence-electron chi connectivity index (χ0n) is 14.5. The van der Waals surface area contributed by atoms with E-state index in [2.05, 4.69) is 52.5 Å². The zero-order valence-corrected chi connectivity index (χ0v) is 15.5. The van der Waals surface area contributed by atoms with Gasteiger partial charge in [0.1, 0.15) is 13.5 Å². The third-order valence-corrected chi connectivity index (χ3v) is 6.02. The number of carbonyl (C=O) groups excluding carboxylic acids is 1. The van der Waals surface area contributed by atoms with Crippen molar-refractivity contribution in [3.8, 4) is 0 Å². The molecule has 0 aromatic heterocycles. The Morgan fingerprint density at radius 3 is 1.95 bits per heavy atom. The van der Waals surface area contributed by atoms with Crippen LogP contribution in [0.1, 0.15) is 32.3 Å². The van der Waals surface area contributed by atoms with Gasteiger partial charge in [-0.15, -0.1) is 0 Å². The molecule has 3 atom stereocenters. The number of rotatable bonds is 7. The van der Waals surface area contributed by atoms with Gasteiger partial charge in [0, 0.05) is 18.9 Å². The van der Waals surface area contributed by atoms with E-state index in [0.29, 0.717) is 11.3 Å². The summed E-state index contributed by atoms with van der Waals surface area (Å²) in [6.45, 7) is 12.8. The summed E-state index contributed by atoms with van der Waals surface area (Å²) in [6, 6.07) is 10.3. The summed E-state index contributed by atoms with van der Waals surface area (Å²) in [5.41, 5.74) is 1.23. The SMILES string of the molecule is CO[C@H]([C@@H](C)c1ccccc1)[C@@H](C(=O)[Si](C)(C)C)C(C)C. The maximum absolute atomic E-state index is 12.9. The Bertz CT molecular complexity index is 448. The summed E-state index contributed by atoms with van der Waals surface area (Å²) in [7, 11) is -0.0981. The Balaban J connectivity index is 3.12. The van der Waals surface area contributed by atoms with E-state index in [9.17, 15) is 4.79 Å². The van der Waals surface area contributed by atoms with E-state index in [-0.39, 0.29) is 17.9 Å². The van der Waals surface area contributed by atoms with Crippen LogP contribution in [0.5, 0.6) is 0 Å². The second kappa shape index (κ2) is 7.37. The molecule has 2 nitrogen and oxygen atoms in total. The molecule has 1 aromatic rings. The first-order valence-electron chi connectivity index (χ1n) is 7.82. The highest BCUT2D eigenvalue weighted by Gasteiger charge is 2.40. The molecule has 0 saturated carbocycles. The van der Waals surface area contributed by atoms with Crippen molar-refractivity contribution in [2.24, 2.45) is 11.8 Å². The molecular formula is C18H30O2Si. The van der Waals surface area contributed by atoms with Crippen molar-refractivity contribution < 1.29 is 9.53 Å². The third kappa shape index (κ3) is 4.52. The summed E-state index contributed by atoms with van der Waals surface area (Å²) in [5, 5.41) is 0.423. The van der Waals surface area contributed by atoms with Gasteiger partial charge in [-0.05, 0) is 11.5 Å². The van der Waals surface area contributed by atoms with Crippen LogP contribution >= 0.6 is 0 Å². The minimum absolute atomic E-state index is 0.0307. The molecule has 0 saturated heterocycles. The molecule has 21 heavy (non-hydrogen) atoms. The maximum atomic E-state index is 12.9. The Morgan fingerprint density at radius 2 is 1.57 bits per heavy atom. The molecule has 0 aliphatic rings. The molecule has 0 aliphatic heterocycles. The first-order chi connectivity index (χ1) is 9.70. The number of carbonyl (C=O) groups is 1. The predicted octanol–water partition coefficient (Wildman–Crippen LogP) is 4.52. The molecule has 0 heterocycles. The molecule has 0 unspecified atom stereocenters. The van der Waals surface area contributed by atoms with Crippen LogP contribution in [0, 0.1) is 11.8 Å². The normalized spacial score (nSPS) is 16.6. The fraction of sp³-hybridized carbons (Fsp3) is 0.611. The molecule has 0 amide bonds. The van der Waals surface area contributed by atoms with Crippen LogP contribution in [0.25, 0.3) is 0 Å². The van der Waals surface area contributed by atoms with Crippen LogP contribution in [0.4, 0.5) is 0 Å². The van der Waals surface area contributed by atoms with Crippen LogP contribution in [0.2, 0.25) is 19.6 Å². The molecular weight excluding hydrogens is 276 g/mol. The molecule has 1 aromatic carbocycles. The fourth-order valence-corrected chi connectivity index (χ4v) is 4.44. The largest absolute Gasteiger partial charge is 0.380 e. The molecule has 0 fully saturated rings. The summed E-state index contributed by atoms with van der Waals surface area (Å²) >= 11 is 0. The van der Waals surface area contributed by atoms with Crippen molar-refractivity contribution in [3.05, 3.63) is 35.9 Å². The minimum Gasteiger partial charge on any atom is -0.380 e. The lowest BCUT2D eigenvalue weighted by Gasteiger charge is -2.35. The molecule has 0 N–H and O–H groups in total. The van der Waals surface area contributed by atoms with Gasteiger partial charge in [0.25, 0.3) is 0 Å². The van der Waals surface area contributed by atoms with E-state index in [0.717, 1.165) is 0 Å². The summed E-state index contributed by atoms with van der Waals surface area (Å²) in [5.74, 6) is 0.473. The highest BCUT2D eigenvalue weighted by Crippen LogP contribution is 2.32. The zero-order chi connectivity index (χ0) is 16.2. The standard InChI is InChI=1S/C18H30O2Si/c1-13(2)16(18(19)21(5,6)7)17(20-4)14(3)15-11-9-8-10-12-15/h8-14,16-17H,1-7H3/t14-,16-,17+/m0/s1. The molecule has 0 bridgehead atoms. The molecule has 1 rings (SSSR count). The second-order valence-corrected chi connectivity index (χ2v) is 12.3. The van der Waals surface area contributed by atoms with E-state index in [1.165, 1.54) is 5.56 Å². The van der Waals surface area contributed by atoms with Gasteiger partial charge >= 0.3 is 0 Å². The van der Waals surface area contributed by atoms with E-state index in [1.807, 2.05) is 18.2 Å². The highest BCUT2D eigenvalue weighted by molar-refractivity contribution is 7.03. The lowest BCUT2D eigenvalue weighted by Crippen LogP contribution is -2.47. The number of hydrogen-bond acceptors (Lipinski definition) is 2. The van der Waals surface area contributed by atoms with Crippen LogP contribution < -0.4 is 0 Å². The number of hydrogen-bond donors (Lipinski definition) is 0. The van der Waals surface area contributed by atoms with Crippen molar-refractivity contribution in [3.63, 3.8) is 0 Å². The van der Waals surface area contributed by atoms with Crippen molar-refractivity contribution in [1.29, 1.82) is 0 Å². The molecule has 0 aliphatic carbocycles. The molecule has 0 radical (unpaired) electrons. The topological polar surface area (TPSA) is 26.3 Å². The average Bonchev–Trinajstić information content (AvgIpc) is 2.42. The Kier molecular flexibility index (Phi) is 6.35. The van der Waals surface area contributed by atoms with Gasteiger partial charge in [0.2, 0.25) is 0 Å². The van der Waals surface area contributed by atoms with Crippen LogP contribution in [-0.2, 0) is 9.53 Å². The third-order valence-electron chi connectivity index (χ3n) is 4.20. The summed E-state index contributed by atoms with van der Waals surface area (Å²) in [6.07, 6.45) is -0.0633. The highest BCUT2D eigenvalue weighted by atomic mass is 28.3. The minimum atomic E-state index is -1.83. The van der Waals surface area contributed by atoms with Gasteiger partial charge < -0.3 is 9.53 Å². The van der Waals surface area contributed by atoms with Crippen LogP contribution in [0.3, 0.4) is 0 Å². The average molecular weight is 307 g/mol. The number of methoxy groups -OCH3 is 1. The molecule has 118 valence electrons. The van der Waals surface area contributed by atoms with Gasteiger partial charge in [-0.25, -0.2) is 0 Å². The quantitative estimate of drug-likeness (QED) is 0.692. The van der Waals surface area contributed by atoms with Gasteiger partial charge in [-0.3, -0.25) is 0 Å².